The fraction of sp³-hybridized carbons (Fsp3) is 0. The van der Waals surface area contributed by atoms with E-state index in [-0.39, 0.29) is 0 Å². The van der Waals surface area contributed by atoms with Gasteiger partial charge in [-0.3, -0.25) is 10.1 Å². The third-order valence-electron chi connectivity index (χ3n) is 1.96. The Kier molecular flexibility index (Phi) is 1.35. The molecule has 1 N–H and O–H groups in total. The van der Waals surface area contributed by atoms with Gasteiger partial charge in [-0.1, -0.05) is 5.21 Å². The first kappa shape index (κ1) is 7.19. The largest absolute Gasteiger partial charge is 0.262 e. The fourth-order valence-electron chi connectivity index (χ4n) is 1.32. The van der Waals surface area contributed by atoms with Gasteiger partial charge in [0.1, 0.15) is 5.52 Å². The molecule has 6 nitrogen and oxygen atoms in total. The average Bonchev–Trinajstić information content (AvgIpc) is 2.85. The van der Waals surface area contributed by atoms with Crippen LogP contribution in [0.3, 0.4) is 0 Å². The molecule has 0 aliphatic carbocycles. The Hall–Kier alpha value is -2.24. The summed E-state index contributed by atoms with van der Waals surface area (Å²) >= 11 is 0. The Labute approximate surface area is 78.6 Å². The maximum atomic E-state index is 3.99. The molecule has 0 aromatic carbocycles. The Bertz CT molecular complexity index is 552. The number of H-pyrrole nitrogens is 1. The minimum atomic E-state index is 0.766. The van der Waals surface area contributed by atoms with Crippen LogP contribution in [0.15, 0.2) is 30.7 Å². The SMILES string of the molecule is c1cc2c(cn1)nnn2-c1ccn[nH]1. The molecule has 68 valence electrons. The monoisotopic (exact) mass is 186 g/mol. The molecular weight excluding hydrogens is 180 g/mol. The number of nitrogens with zero attached hydrogens (tertiary/aromatic N) is 5. The highest BCUT2D eigenvalue weighted by Gasteiger charge is 2.05. The lowest BCUT2D eigenvalue weighted by atomic mass is 10.4. The molecule has 0 aliphatic rings. The van der Waals surface area contributed by atoms with E-state index >= 15 is 0 Å². The van der Waals surface area contributed by atoms with Crippen LogP contribution in [0.5, 0.6) is 0 Å². The highest BCUT2D eigenvalue weighted by atomic mass is 15.5. The first-order chi connectivity index (χ1) is 6.95. The molecule has 3 aromatic heterocycles. The molecule has 0 spiro atoms. The van der Waals surface area contributed by atoms with Crippen molar-refractivity contribution in [3.63, 3.8) is 0 Å². The second kappa shape index (κ2) is 2.63. The van der Waals surface area contributed by atoms with Crippen molar-refractivity contribution in [2.24, 2.45) is 0 Å². The van der Waals surface area contributed by atoms with E-state index < -0.39 is 0 Å². The summed E-state index contributed by atoms with van der Waals surface area (Å²) < 4.78 is 1.68. The second-order valence-corrected chi connectivity index (χ2v) is 2.81. The molecule has 3 rings (SSSR count). The van der Waals surface area contributed by atoms with Gasteiger partial charge in [0.25, 0.3) is 0 Å². The molecule has 6 heteroatoms. The minimum Gasteiger partial charge on any atom is -0.262 e. The summed E-state index contributed by atoms with van der Waals surface area (Å²) in [6.07, 6.45) is 5.05. The maximum absolute atomic E-state index is 3.99. The molecular formula is C8H6N6. The van der Waals surface area contributed by atoms with Crippen molar-refractivity contribution in [3.05, 3.63) is 30.7 Å². The number of rotatable bonds is 1. The predicted octanol–water partition coefficient (Wildman–Crippen LogP) is 0.539. The molecule has 0 atom stereocenters. The van der Waals surface area contributed by atoms with Crippen LogP contribution in [0.4, 0.5) is 0 Å². The molecule has 0 bridgehead atoms. The van der Waals surface area contributed by atoms with Crippen LogP contribution >= 0.6 is 0 Å². The maximum Gasteiger partial charge on any atom is 0.151 e. The summed E-state index contributed by atoms with van der Waals surface area (Å²) in [6, 6.07) is 3.69. The smallest absolute Gasteiger partial charge is 0.151 e. The van der Waals surface area contributed by atoms with Crippen molar-refractivity contribution in [1.29, 1.82) is 0 Å². The van der Waals surface area contributed by atoms with Crippen LogP contribution in [0.1, 0.15) is 0 Å². The van der Waals surface area contributed by atoms with E-state index in [0.717, 1.165) is 16.9 Å². The first-order valence-electron chi connectivity index (χ1n) is 4.10. The number of hydrogen-bond acceptors (Lipinski definition) is 4. The van der Waals surface area contributed by atoms with E-state index in [2.05, 4.69) is 25.5 Å². The van der Waals surface area contributed by atoms with Crippen LogP contribution < -0.4 is 0 Å². The van der Waals surface area contributed by atoms with Gasteiger partial charge in [0, 0.05) is 12.3 Å². The zero-order chi connectivity index (χ0) is 9.38. The van der Waals surface area contributed by atoms with Gasteiger partial charge in [0.05, 0.1) is 17.9 Å². The number of hydrogen-bond donors (Lipinski definition) is 1. The van der Waals surface area contributed by atoms with Gasteiger partial charge in [-0.15, -0.1) is 5.10 Å². The van der Waals surface area contributed by atoms with Gasteiger partial charge >= 0.3 is 0 Å². The zero-order valence-corrected chi connectivity index (χ0v) is 7.12. The molecule has 3 aromatic rings. The average molecular weight is 186 g/mol. The molecule has 0 fully saturated rings. The Morgan fingerprint density at radius 2 is 2.21 bits per heavy atom. The number of aromatic nitrogens is 6. The van der Waals surface area contributed by atoms with Crippen molar-refractivity contribution in [2.45, 2.75) is 0 Å². The summed E-state index contributed by atoms with van der Waals surface area (Å²) in [4.78, 5) is 3.97. The first-order valence-corrected chi connectivity index (χ1v) is 4.10. The van der Waals surface area contributed by atoms with Gasteiger partial charge in [-0.2, -0.15) is 9.78 Å². The van der Waals surface area contributed by atoms with Gasteiger partial charge in [0.15, 0.2) is 5.82 Å². The van der Waals surface area contributed by atoms with E-state index in [1.165, 1.54) is 0 Å². The van der Waals surface area contributed by atoms with Crippen molar-refractivity contribution in [2.75, 3.05) is 0 Å². The predicted molar refractivity (Wildman–Crippen MR) is 48.8 cm³/mol. The van der Waals surface area contributed by atoms with Gasteiger partial charge in [-0.25, -0.2) is 0 Å². The topological polar surface area (TPSA) is 72.3 Å². The lowest BCUT2D eigenvalue weighted by molar-refractivity contribution is 0.795. The van der Waals surface area contributed by atoms with E-state index in [1.807, 2.05) is 12.1 Å². The highest BCUT2D eigenvalue weighted by Crippen LogP contribution is 2.11. The van der Waals surface area contributed by atoms with Crippen LogP contribution in [-0.2, 0) is 0 Å². The van der Waals surface area contributed by atoms with Crippen LogP contribution in [0, 0.1) is 0 Å². The zero-order valence-electron chi connectivity index (χ0n) is 7.12. The molecule has 0 radical (unpaired) electrons. The standard InChI is InChI=1S/C8H6N6/c1-3-9-5-6-7(1)14(13-11-6)8-2-4-10-12-8/h1-5H,(H,10,12). The minimum absolute atomic E-state index is 0.766. The van der Waals surface area contributed by atoms with Crippen LogP contribution in [0.25, 0.3) is 16.9 Å². The van der Waals surface area contributed by atoms with E-state index in [9.17, 15) is 0 Å². The molecule has 0 saturated heterocycles. The van der Waals surface area contributed by atoms with E-state index in [4.69, 9.17) is 0 Å². The van der Waals surface area contributed by atoms with Crippen molar-refractivity contribution < 1.29 is 0 Å². The fourth-order valence-corrected chi connectivity index (χ4v) is 1.32. The van der Waals surface area contributed by atoms with Crippen molar-refractivity contribution in [3.8, 4) is 5.82 Å². The third-order valence-corrected chi connectivity index (χ3v) is 1.96. The number of pyridine rings is 1. The van der Waals surface area contributed by atoms with Crippen LogP contribution in [-0.4, -0.2) is 30.2 Å². The molecule has 3 heterocycles. The van der Waals surface area contributed by atoms with E-state index in [1.54, 1.807) is 23.3 Å². The van der Waals surface area contributed by atoms with Gasteiger partial charge < -0.3 is 0 Å². The summed E-state index contributed by atoms with van der Waals surface area (Å²) in [5.74, 6) is 0.790. The molecule has 0 unspecified atom stereocenters. The summed E-state index contributed by atoms with van der Waals surface area (Å²) in [7, 11) is 0. The second-order valence-electron chi connectivity index (χ2n) is 2.81. The Morgan fingerprint density at radius 1 is 1.21 bits per heavy atom. The molecule has 0 aliphatic heterocycles. The van der Waals surface area contributed by atoms with Gasteiger partial charge in [0.2, 0.25) is 0 Å². The lowest BCUT2D eigenvalue weighted by Gasteiger charge is -1.95. The summed E-state index contributed by atoms with van der Waals surface area (Å²) in [5, 5.41) is 14.6. The van der Waals surface area contributed by atoms with Crippen LogP contribution in [0.2, 0.25) is 0 Å². The Morgan fingerprint density at radius 3 is 3.07 bits per heavy atom. The lowest BCUT2D eigenvalue weighted by Crippen LogP contribution is -1.96. The normalized spacial score (nSPS) is 10.9. The summed E-state index contributed by atoms with van der Waals surface area (Å²) in [5.41, 5.74) is 1.67. The number of nitrogens with one attached hydrogen (secondary N) is 1. The van der Waals surface area contributed by atoms with Gasteiger partial charge in [-0.05, 0) is 6.07 Å². The molecule has 14 heavy (non-hydrogen) atoms. The highest BCUT2D eigenvalue weighted by molar-refractivity contribution is 5.74. The van der Waals surface area contributed by atoms with Crippen molar-refractivity contribution in [1.82, 2.24) is 30.2 Å². The molecule has 0 saturated carbocycles. The van der Waals surface area contributed by atoms with E-state index in [0.29, 0.717) is 0 Å². The van der Waals surface area contributed by atoms with Crippen molar-refractivity contribution >= 4 is 11.0 Å². The number of fused-ring (bicyclic) bond motifs is 1. The molecule has 0 amide bonds. The Balaban J connectivity index is 2.33. The quantitative estimate of drug-likeness (QED) is 0.602. The number of aromatic amines is 1. The third kappa shape index (κ3) is 0.905. The summed E-state index contributed by atoms with van der Waals surface area (Å²) in [6.45, 7) is 0.